The predicted octanol–water partition coefficient (Wildman–Crippen LogP) is 22.5. The van der Waals surface area contributed by atoms with Crippen molar-refractivity contribution in [1.82, 2.24) is 29.4 Å². The Morgan fingerprint density at radius 2 is 0.639 bits per heavy atom. The molecule has 0 N–H and O–H groups in total. The highest BCUT2D eigenvalue weighted by molar-refractivity contribution is 5.86. The molecule has 0 aromatic heterocycles. The molecule has 0 bridgehead atoms. The smallest absolute Gasteiger partial charge is 0.161 e. The van der Waals surface area contributed by atoms with Crippen LogP contribution in [0.5, 0.6) is 69.0 Å². The standard InChI is InChI=1S/3C20H29NO3.3C19H27NO3.3CH4/c3*1-5-13(2)8-15-12-21-7-6-14-9-19(23-3)20(24-4)10-16(14)17(21)11-18(15)22;3*1-12(2)7-14-11-20-6-5-13-8-18(22-3)19(23-4)9-15(13)16(20)10-17(14)21;;;/h3*9-10,13,15,17H,5-8,11-12H2,1-4H3;3*8-9,12,14,16H,5-7,10-11H2,1-4H3;3*1H4/i2D3,5D2,6D2,7D2,8D2,11D2,12D2,13D,15D,17D;2D3,5D2,6D2,7D2,8D2,11D2,13D,15D,17D;2D3,5D2,6D2,7D2,8D2,12D2,13D,17D;5D2,6D2,10D2,11D2,14D,16D;5D2,6D2,11D2,16D;8D,9D;;;. The average molecular weight is 2060 g/mol. The Bertz CT molecular complexity index is 8760. The molecule has 12 aliphatic heterocycles. The summed E-state index contributed by atoms with van der Waals surface area (Å²) in [5.74, 6) is -34.0. The SMILES string of the molecule is C.C.C.[2H]C([2H])([2H])C([2H])(C([2H])([2H])C)C([2H])([2H])C1([2H])C(=O)C([2H])([2H])C2([2H])c3cc(OC)c(OC)cc3C([2H])([2H])C([2H])([2H])N2C1([2H])[2H].[2H]C([2H])([2H])C([2H])(C([2H])([2H])C)C([2H])([2H])C1([2H])CN2C([2H])([2H])C([2H])([2H])c3cc(OC)c(OC)cc3C2([2H])C([2H])([2H])C1=O.[2H]C1([2H])C(=O)C([2H])(CC(C)C)C([2H])([2H])N2C([2H])([2H])C([2H])([2H])c3cc(OC)c(OC)cc3C21[2H].[2H]C12CC(=O)C(C([2H])([2H])C([2H])(C([2H])([2H])[2H])C([2H])([2H])C)C([2H])([2H])N1C([2H])([2H])C([2H])([2H])c1cc(OC)c(OC)cc12.[2H]C12CC(=O)C(CC(C)C)C([2H])([2H])N1C([2H])([2H])C([2H])([2H])c1cc(OC)c(OC)cc12.[2H]c1c2c(c([2H])c(OC)c1OC)C1CC(=O)C(CC(C)C)CN1CC2. The van der Waals surface area contributed by atoms with Crippen LogP contribution in [0.1, 0.15) is 397 Å². The monoisotopic (exact) mass is 2060 g/mol. The Morgan fingerprint density at radius 1 is 0.333 bits per heavy atom. The van der Waals surface area contributed by atoms with Crippen LogP contribution >= 0.6 is 0 Å². The molecule has 15 atom stereocenters. The van der Waals surface area contributed by atoms with Gasteiger partial charge in [0.15, 0.2) is 69.0 Å². The quantitative estimate of drug-likeness (QED) is 0.0466. The number of benzene rings is 6. The van der Waals surface area contributed by atoms with Crippen molar-refractivity contribution in [2.45, 2.75) is 275 Å². The zero-order chi connectivity index (χ0) is 162. The van der Waals surface area contributed by atoms with E-state index in [0.717, 1.165) is 93.4 Å². The Kier molecular flexibility index (Phi) is 20.0. The molecule has 12 heterocycles. The maximum Gasteiger partial charge on any atom is 0.161 e. The highest BCUT2D eigenvalue weighted by Crippen LogP contribution is 2.51. The largest absolute Gasteiger partial charge is 0.493 e. The Labute approximate surface area is 960 Å². The second kappa shape index (κ2) is 53.5. The van der Waals surface area contributed by atoms with E-state index >= 15 is 0 Å². The summed E-state index contributed by atoms with van der Waals surface area (Å²) in [6.07, 6.45) is -48.4. The first-order valence-corrected chi connectivity index (χ1v) is 45.1. The summed E-state index contributed by atoms with van der Waals surface area (Å²) in [7, 11) is 15.3. The predicted molar refractivity (Wildman–Crippen MR) is 575 cm³/mol. The minimum absolute atomic E-state index is 0. The molecule has 144 heavy (non-hydrogen) atoms. The van der Waals surface area contributed by atoms with Gasteiger partial charge in [0.25, 0.3) is 0 Å². The fourth-order valence-corrected chi connectivity index (χ4v) is 16.8. The highest BCUT2D eigenvalue weighted by Gasteiger charge is 2.47. The van der Waals surface area contributed by atoms with Crippen molar-refractivity contribution in [1.29, 1.82) is 0 Å². The molecular weight excluding hydrogens is 1810 g/mol. The second-order valence-corrected chi connectivity index (χ2v) is 34.2. The van der Waals surface area contributed by atoms with E-state index < -0.39 is 350 Å². The highest BCUT2D eigenvalue weighted by atomic mass is 16.5. The summed E-state index contributed by atoms with van der Waals surface area (Å²) in [4.78, 5) is 83.3. The van der Waals surface area contributed by atoms with Crippen LogP contribution in [0.25, 0.3) is 0 Å². The van der Waals surface area contributed by atoms with E-state index in [2.05, 4.69) is 18.7 Å². The summed E-state index contributed by atoms with van der Waals surface area (Å²) >= 11 is 0. The first-order chi connectivity index (χ1) is 93.5. The lowest BCUT2D eigenvalue weighted by molar-refractivity contribution is -0.130. The van der Waals surface area contributed by atoms with Crippen molar-refractivity contribution < 1.29 is 179 Å². The van der Waals surface area contributed by atoms with Gasteiger partial charge in [-0.2, -0.15) is 0 Å². The number of hydrogen-bond donors (Lipinski definition) is 0. The van der Waals surface area contributed by atoms with Crippen LogP contribution in [0.3, 0.4) is 0 Å². The molecule has 0 amide bonds. The summed E-state index contributed by atoms with van der Waals surface area (Å²) < 4.78 is 642. The topological polar surface area (TPSA) is 233 Å². The Morgan fingerprint density at radius 3 is 1.02 bits per heavy atom. The van der Waals surface area contributed by atoms with Gasteiger partial charge >= 0.3 is 0 Å². The lowest BCUT2D eigenvalue weighted by atomic mass is 9.79. The molecule has 24 heteroatoms. The minimum atomic E-state index is -4.49. The number of rotatable bonds is 27. The number of carbonyl (C=O) groups excluding carboxylic acids is 6. The van der Waals surface area contributed by atoms with E-state index in [1.165, 1.54) is 83.2 Å². The summed E-state index contributed by atoms with van der Waals surface area (Å²) in [6.45, 7) is -29.6. The van der Waals surface area contributed by atoms with Crippen LogP contribution in [0.15, 0.2) is 72.7 Å². The summed E-state index contributed by atoms with van der Waals surface area (Å²) in [6, 6.07) is -3.63. The fraction of sp³-hybridized carbons (Fsp3) is 0.650. The molecular formula is C120H180N6O18. The van der Waals surface area contributed by atoms with Crippen molar-refractivity contribution in [3.8, 4) is 69.0 Å². The van der Waals surface area contributed by atoms with Gasteiger partial charge in [-0.1, -0.05) is 124 Å². The molecule has 6 saturated heterocycles. The Balaban J connectivity index is 0.000000252. The van der Waals surface area contributed by atoms with Crippen LogP contribution in [0.4, 0.5) is 0 Å². The van der Waals surface area contributed by atoms with E-state index in [-0.39, 0.29) is 147 Å². The number of ether oxygens (including phenoxy) is 12. The third-order valence-corrected chi connectivity index (χ3v) is 23.8. The Hall–Kier alpha value is -9.30. The molecule has 6 aromatic carbocycles. The van der Waals surface area contributed by atoms with Gasteiger partial charge in [-0.25, -0.2) is 0 Å². The van der Waals surface area contributed by atoms with Crippen molar-refractivity contribution in [3.05, 3.63) is 140 Å². The normalized spacial score (nSPS) is 42.6. The van der Waals surface area contributed by atoms with E-state index in [1.54, 1.807) is 13.8 Å². The molecule has 798 valence electrons. The third kappa shape index (κ3) is 27.2. The van der Waals surface area contributed by atoms with Crippen LogP contribution in [0.2, 0.25) is 0 Å². The second-order valence-electron chi connectivity index (χ2n) is 34.2. The summed E-state index contributed by atoms with van der Waals surface area (Å²) in [5.41, 5.74) is -3.06. The number of methoxy groups -OCH3 is 12. The molecule has 0 spiro atoms. The molecule has 6 aromatic rings. The minimum Gasteiger partial charge on any atom is -0.493 e. The van der Waals surface area contributed by atoms with Gasteiger partial charge in [0.2, 0.25) is 0 Å². The van der Waals surface area contributed by atoms with Crippen LogP contribution < -0.4 is 56.8 Å². The first-order valence-electron chi connectivity index (χ1n) is 79.1. The molecule has 6 fully saturated rings. The maximum atomic E-state index is 14.0. The number of nitrogens with zero attached hydrogens (tertiary/aromatic N) is 6. The average Bonchev–Trinajstić information content (AvgIpc) is 0.639. The molecule has 24 nitrogen and oxygen atoms in total. The van der Waals surface area contributed by atoms with E-state index in [9.17, 15) is 32.9 Å². The van der Waals surface area contributed by atoms with Gasteiger partial charge in [0.1, 0.15) is 34.7 Å². The van der Waals surface area contributed by atoms with Crippen molar-refractivity contribution in [2.75, 3.05) is 163 Å². The van der Waals surface area contributed by atoms with Gasteiger partial charge < -0.3 is 56.8 Å². The molecule has 12 aliphatic rings. The molecule has 15 unspecified atom stereocenters. The van der Waals surface area contributed by atoms with Gasteiger partial charge in [-0.3, -0.25) is 58.2 Å². The van der Waals surface area contributed by atoms with E-state index in [1.807, 2.05) is 13.8 Å². The van der Waals surface area contributed by atoms with Crippen LogP contribution in [-0.2, 0) is 67.1 Å². The fourth-order valence-electron chi connectivity index (χ4n) is 16.8. The maximum absolute atomic E-state index is 14.0. The van der Waals surface area contributed by atoms with Crippen molar-refractivity contribution in [3.63, 3.8) is 0 Å². The van der Waals surface area contributed by atoms with Gasteiger partial charge in [0, 0.05) is 272 Å². The lowest BCUT2D eigenvalue weighted by Crippen LogP contribution is -2.46. The number of carbonyl (C=O) groups is 6. The third-order valence-electron chi connectivity index (χ3n) is 23.8. The van der Waals surface area contributed by atoms with Gasteiger partial charge in [-0.15, -0.1) is 0 Å². The van der Waals surface area contributed by atoms with Crippen molar-refractivity contribution in [2.24, 2.45) is 70.9 Å². The van der Waals surface area contributed by atoms with Crippen LogP contribution in [-0.4, -0.2) is 228 Å². The number of Topliss-reactive ketones (excluding diaryl/α,β-unsaturated/α-hetero) is 6. The molecule has 0 saturated carbocycles. The molecule has 18 rings (SSSR count). The zero-order valence-corrected chi connectivity index (χ0v) is 82.4. The number of hydrogen-bond acceptors (Lipinski definition) is 24. The van der Waals surface area contributed by atoms with Gasteiger partial charge in [-0.05, 0) is 252 Å². The number of ketones is 6. The lowest BCUT2D eigenvalue weighted by Gasteiger charge is -2.43. The molecule has 0 radical (unpaired) electrons. The number of fused-ring (bicyclic) bond motifs is 18. The van der Waals surface area contributed by atoms with Crippen molar-refractivity contribution >= 4 is 34.7 Å². The molecule has 0 aliphatic carbocycles. The zero-order valence-electron chi connectivity index (χ0n) is 150. The van der Waals surface area contributed by atoms with E-state index in [0.29, 0.717) is 62.0 Å². The summed E-state index contributed by atoms with van der Waals surface area (Å²) in [5, 5.41) is 0. The number of aryl methyl sites for hydroxylation is 5. The number of piperidine rings is 6. The van der Waals surface area contributed by atoms with Crippen LogP contribution in [0, 0.1) is 70.9 Å². The van der Waals surface area contributed by atoms with Gasteiger partial charge in [0.05, 0.1) is 94.9 Å². The van der Waals surface area contributed by atoms with E-state index in [4.69, 9.17) is 146 Å². The first kappa shape index (κ1) is 53.7.